The molecule has 0 bridgehead atoms. The van der Waals surface area contributed by atoms with E-state index in [-0.39, 0.29) is 24.5 Å². The van der Waals surface area contributed by atoms with Crippen molar-refractivity contribution in [1.29, 1.82) is 0 Å². The van der Waals surface area contributed by atoms with Crippen LogP contribution in [0.5, 0.6) is 0 Å². The Morgan fingerprint density at radius 2 is 1.97 bits per heavy atom. The Morgan fingerprint density at radius 3 is 2.60 bits per heavy atom. The van der Waals surface area contributed by atoms with E-state index in [1.54, 1.807) is 24.4 Å². The Morgan fingerprint density at radius 1 is 1.23 bits per heavy atom. The quantitative estimate of drug-likeness (QED) is 0.492. The van der Waals surface area contributed by atoms with Crippen LogP contribution in [0.4, 0.5) is 5.00 Å². The molecule has 2 heterocycles. The molecule has 30 heavy (non-hydrogen) atoms. The third-order valence-corrected chi connectivity index (χ3v) is 5.92. The molecule has 0 radical (unpaired) electrons. The summed E-state index contributed by atoms with van der Waals surface area (Å²) in [5, 5.41) is 7.98. The first-order chi connectivity index (χ1) is 14.4. The number of rotatable bonds is 8. The van der Waals surface area contributed by atoms with Crippen molar-refractivity contribution in [3.05, 3.63) is 45.6 Å². The molecule has 0 aromatic carbocycles. The Bertz CT molecular complexity index is 998. The zero-order valence-corrected chi connectivity index (χ0v) is 18.5. The van der Waals surface area contributed by atoms with E-state index < -0.39 is 5.97 Å². The van der Waals surface area contributed by atoms with Crippen molar-refractivity contribution in [3.63, 3.8) is 0 Å². The molecule has 0 aliphatic heterocycles. The molecule has 1 saturated carbocycles. The van der Waals surface area contributed by atoms with Gasteiger partial charge in [0.2, 0.25) is 5.91 Å². The number of ether oxygens (including phenoxy) is 1. The average Bonchev–Trinajstić information content (AvgIpc) is 3.32. The second-order valence-electron chi connectivity index (χ2n) is 7.16. The summed E-state index contributed by atoms with van der Waals surface area (Å²) in [5.74, 6) is -0.939. The number of nitrogens with zero attached hydrogens (tertiary/aromatic N) is 1. The number of aromatic nitrogens is 1. The van der Waals surface area contributed by atoms with Crippen LogP contribution in [0.3, 0.4) is 0 Å². The highest BCUT2D eigenvalue weighted by Gasteiger charge is 2.26. The van der Waals surface area contributed by atoms with E-state index in [9.17, 15) is 14.4 Å². The molecule has 1 aliphatic carbocycles. The van der Waals surface area contributed by atoms with Gasteiger partial charge in [-0.05, 0) is 58.1 Å². The maximum Gasteiger partial charge on any atom is 0.340 e. The number of carbonyl (C=O) groups excluding carboxylic acids is 3. The van der Waals surface area contributed by atoms with Gasteiger partial charge in [0.1, 0.15) is 5.00 Å². The van der Waals surface area contributed by atoms with E-state index in [1.165, 1.54) is 17.4 Å². The van der Waals surface area contributed by atoms with Crippen LogP contribution in [-0.4, -0.2) is 35.0 Å². The number of amides is 2. The highest BCUT2D eigenvalue weighted by Crippen LogP contribution is 2.27. The van der Waals surface area contributed by atoms with Crippen molar-refractivity contribution < 1.29 is 19.1 Å². The topological polar surface area (TPSA) is 89.4 Å². The lowest BCUT2D eigenvalue weighted by molar-refractivity contribution is -0.111. The minimum absolute atomic E-state index is 0.172. The van der Waals surface area contributed by atoms with Gasteiger partial charge in [0.15, 0.2) is 0 Å². The molecule has 2 aromatic heterocycles. The third kappa shape index (κ3) is 4.64. The normalized spacial score (nSPS) is 13.5. The van der Waals surface area contributed by atoms with Gasteiger partial charge in [-0.3, -0.25) is 9.59 Å². The van der Waals surface area contributed by atoms with Gasteiger partial charge >= 0.3 is 5.97 Å². The number of anilines is 1. The molecule has 2 N–H and O–H groups in total. The molecule has 0 unspecified atom stereocenters. The average molecular weight is 430 g/mol. The molecule has 1 aliphatic rings. The summed E-state index contributed by atoms with van der Waals surface area (Å²) < 4.78 is 7.22. The van der Waals surface area contributed by atoms with Gasteiger partial charge in [0.25, 0.3) is 5.91 Å². The van der Waals surface area contributed by atoms with Crippen molar-refractivity contribution in [3.8, 4) is 0 Å². The molecular weight excluding hydrogens is 402 g/mol. The first-order valence-corrected chi connectivity index (χ1v) is 11.0. The first kappa shape index (κ1) is 21.8. The van der Waals surface area contributed by atoms with Crippen molar-refractivity contribution in [1.82, 2.24) is 9.88 Å². The SMILES string of the molecule is CCOC(=O)c1c(/C=C/C(=O)Nc2sccc2C(=O)NC2CC2)c(C)n(CC)c1C. The van der Waals surface area contributed by atoms with Crippen LogP contribution in [0, 0.1) is 13.8 Å². The lowest BCUT2D eigenvalue weighted by Gasteiger charge is -2.05. The molecule has 7 nitrogen and oxygen atoms in total. The summed E-state index contributed by atoms with van der Waals surface area (Å²) in [6.45, 7) is 8.53. The maximum atomic E-state index is 12.5. The largest absolute Gasteiger partial charge is 0.462 e. The summed E-state index contributed by atoms with van der Waals surface area (Å²) in [6.07, 6.45) is 5.01. The number of hydrogen-bond acceptors (Lipinski definition) is 5. The van der Waals surface area contributed by atoms with Crippen LogP contribution in [0.2, 0.25) is 0 Å². The highest BCUT2D eigenvalue weighted by atomic mass is 32.1. The summed E-state index contributed by atoms with van der Waals surface area (Å²) in [4.78, 5) is 37.3. The Hall–Kier alpha value is -2.87. The molecule has 8 heteroatoms. The predicted octanol–water partition coefficient (Wildman–Crippen LogP) is 3.91. The molecule has 1 fully saturated rings. The van der Waals surface area contributed by atoms with Crippen molar-refractivity contribution >= 4 is 40.2 Å². The smallest absolute Gasteiger partial charge is 0.340 e. The number of hydrogen-bond donors (Lipinski definition) is 2. The molecule has 0 atom stereocenters. The fraction of sp³-hybridized carbons (Fsp3) is 0.409. The number of thiophene rings is 1. The van der Waals surface area contributed by atoms with Crippen LogP contribution in [0.15, 0.2) is 17.5 Å². The highest BCUT2D eigenvalue weighted by molar-refractivity contribution is 7.14. The zero-order valence-electron chi connectivity index (χ0n) is 17.7. The minimum Gasteiger partial charge on any atom is -0.462 e. The van der Waals surface area contributed by atoms with Crippen molar-refractivity contribution in [2.45, 2.75) is 53.1 Å². The Balaban J connectivity index is 1.79. The fourth-order valence-electron chi connectivity index (χ4n) is 3.44. The fourth-order valence-corrected chi connectivity index (χ4v) is 4.22. The van der Waals surface area contributed by atoms with Crippen LogP contribution in [-0.2, 0) is 16.1 Å². The van der Waals surface area contributed by atoms with Crippen LogP contribution in [0.1, 0.15) is 64.4 Å². The lowest BCUT2D eigenvalue weighted by Crippen LogP contribution is -2.26. The van der Waals surface area contributed by atoms with Gasteiger partial charge in [0, 0.05) is 35.6 Å². The number of carbonyl (C=O) groups is 3. The second kappa shape index (κ2) is 9.30. The predicted molar refractivity (Wildman–Crippen MR) is 118 cm³/mol. The summed E-state index contributed by atoms with van der Waals surface area (Å²) >= 11 is 1.30. The molecule has 3 rings (SSSR count). The van der Waals surface area contributed by atoms with Crippen LogP contribution < -0.4 is 10.6 Å². The van der Waals surface area contributed by atoms with E-state index in [4.69, 9.17) is 4.74 Å². The van der Waals surface area contributed by atoms with E-state index in [0.717, 1.165) is 24.2 Å². The third-order valence-electron chi connectivity index (χ3n) is 5.09. The molecular formula is C22H27N3O4S. The van der Waals surface area contributed by atoms with Crippen molar-refractivity contribution in [2.24, 2.45) is 0 Å². The van der Waals surface area contributed by atoms with E-state index in [1.807, 2.05) is 25.3 Å². The Kier molecular flexibility index (Phi) is 6.77. The van der Waals surface area contributed by atoms with Crippen LogP contribution in [0.25, 0.3) is 6.08 Å². The van der Waals surface area contributed by atoms with Crippen LogP contribution >= 0.6 is 11.3 Å². The molecule has 0 saturated heterocycles. The zero-order chi connectivity index (χ0) is 21.8. The number of nitrogens with one attached hydrogen (secondary N) is 2. The van der Waals surface area contributed by atoms with E-state index in [2.05, 4.69) is 10.6 Å². The molecule has 2 amide bonds. The minimum atomic E-state index is -0.400. The Labute approximate surface area is 180 Å². The van der Waals surface area contributed by atoms with Gasteiger partial charge < -0.3 is 19.9 Å². The van der Waals surface area contributed by atoms with Gasteiger partial charge in [0.05, 0.1) is 17.7 Å². The number of esters is 1. The standard InChI is InChI=1S/C22H27N3O4S/c1-5-25-13(3)16(19(14(25)4)22(28)29-6-2)9-10-18(26)24-21-17(11-12-30-21)20(27)23-15-7-8-15/h9-12,15H,5-8H2,1-4H3,(H,23,27)(H,24,26)/b10-9+. The van der Waals surface area contributed by atoms with Gasteiger partial charge in [-0.1, -0.05) is 0 Å². The van der Waals surface area contributed by atoms with Crippen molar-refractivity contribution in [2.75, 3.05) is 11.9 Å². The second-order valence-corrected chi connectivity index (χ2v) is 8.07. The van der Waals surface area contributed by atoms with E-state index >= 15 is 0 Å². The summed E-state index contributed by atoms with van der Waals surface area (Å²) in [5.41, 5.74) is 3.31. The summed E-state index contributed by atoms with van der Waals surface area (Å²) in [7, 11) is 0. The van der Waals surface area contributed by atoms with Gasteiger partial charge in [-0.2, -0.15) is 0 Å². The van der Waals surface area contributed by atoms with E-state index in [0.29, 0.717) is 28.2 Å². The molecule has 2 aromatic rings. The van der Waals surface area contributed by atoms with Gasteiger partial charge in [-0.25, -0.2) is 4.79 Å². The maximum absolute atomic E-state index is 12.5. The lowest BCUT2D eigenvalue weighted by atomic mass is 10.1. The summed E-state index contributed by atoms with van der Waals surface area (Å²) in [6, 6.07) is 1.95. The first-order valence-electron chi connectivity index (χ1n) is 10.1. The van der Waals surface area contributed by atoms with Gasteiger partial charge in [-0.15, -0.1) is 11.3 Å². The molecule has 0 spiro atoms. The molecule has 160 valence electrons. The monoisotopic (exact) mass is 429 g/mol.